The number of likely N-dealkylation sites (N-methyl/N-ethyl adjacent to an activating group) is 2. The molecule has 31 heavy (non-hydrogen) atoms. The maximum absolute atomic E-state index is 6.34. The second-order valence-corrected chi connectivity index (χ2v) is 10.5. The van der Waals surface area contributed by atoms with Crippen molar-refractivity contribution in [1.82, 2.24) is 0 Å². The predicted molar refractivity (Wildman–Crippen MR) is 136 cm³/mol. The summed E-state index contributed by atoms with van der Waals surface area (Å²) in [5.41, 5.74) is 6.36. The monoisotopic (exact) mass is 454 g/mol. The van der Waals surface area contributed by atoms with Gasteiger partial charge < -0.3 is 9.80 Å². The van der Waals surface area contributed by atoms with Gasteiger partial charge in [0.1, 0.15) is 0 Å². The van der Waals surface area contributed by atoms with Gasteiger partial charge in [-0.2, -0.15) is 0 Å². The largest absolute Gasteiger partial charge is 0.364 e. The van der Waals surface area contributed by atoms with Crippen molar-refractivity contribution < 1.29 is 0 Å². The van der Waals surface area contributed by atoms with Gasteiger partial charge in [0.15, 0.2) is 0 Å². The average molecular weight is 455 g/mol. The molecule has 2 nitrogen and oxygen atoms in total. The number of nitrogens with zero attached hydrogens (tertiary/aromatic N) is 2. The molecule has 2 aromatic rings. The molecule has 164 valence electrons. The van der Waals surface area contributed by atoms with E-state index in [-0.39, 0.29) is 16.9 Å². The molecule has 2 aliphatic heterocycles. The molecule has 0 radical (unpaired) electrons. The molecule has 0 amide bonds. The minimum absolute atomic E-state index is 0.0165. The SMILES string of the molecule is CCN1C(=CC=CC2N(CC)c3ccc(Cl)cc3C2(C)C)C(C)(C)c2cc(Cl)ccc21. The van der Waals surface area contributed by atoms with E-state index < -0.39 is 0 Å². The molecule has 2 heterocycles. The van der Waals surface area contributed by atoms with Gasteiger partial charge in [-0.15, -0.1) is 0 Å². The van der Waals surface area contributed by atoms with Crippen LogP contribution >= 0.6 is 23.2 Å². The summed E-state index contributed by atoms with van der Waals surface area (Å²) in [7, 11) is 0. The van der Waals surface area contributed by atoms with Crippen LogP contribution in [-0.4, -0.2) is 19.1 Å². The first-order chi connectivity index (χ1) is 14.6. The van der Waals surface area contributed by atoms with Crippen LogP contribution < -0.4 is 9.80 Å². The summed E-state index contributed by atoms with van der Waals surface area (Å²) in [6, 6.07) is 12.8. The normalized spacial score (nSPS) is 22.5. The van der Waals surface area contributed by atoms with E-state index in [1.807, 2.05) is 12.1 Å². The van der Waals surface area contributed by atoms with Crippen LogP contribution in [0.15, 0.2) is 60.3 Å². The third kappa shape index (κ3) is 3.49. The van der Waals surface area contributed by atoms with Crippen LogP contribution in [0.3, 0.4) is 0 Å². The second kappa shape index (κ2) is 7.90. The number of allylic oxidation sites excluding steroid dienone is 3. The highest BCUT2D eigenvalue weighted by molar-refractivity contribution is 6.31. The van der Waals surface area contributed by atoms with E-state index in [1.165, 1.54) is 28.2 Å². The zero-order chi connectivity index (χ0) is 22.6. The van der Waals surface area contributed by atoms with Crippen LogP contribution in [0.5, 0.6) is 0 Å². The number of anilines is 2. The Morgan fingerprint density at radius 3 is 2.10 bits per heavy atom. The van der Waals surface area contributed by atoms with Crippen molar-refractivity contribution in [3.8, 4) is 0 Å². The zero-order valence-electron chi connectivity index (χ0n) is 19.3. The number of fused-ring (bicyclic) bond motifs is 2. The first-order valence-electron chi connectivity index (χ1n) is 11.2. The Hall–Kier alpha value is -1.90. The molecule has 0 saturated heterocycles. The lowest BCUT2D eigenvalue weighted by atomic mass is 9.80. The Bertz CT molecular complexity index is 1060. The van der Waals surface area contributed by atoms with Crippen molar-refractivity contribution in [3.05, 3.63) is 81.5 Å². The molecule has 0 saturated carbocycles. The van der Waals surface area contributed by atoms with Crippen LogP contribution in [0, 0.1) is 0 Å². The molecule has 1 atom stereocenters. The Morgan fingerprint density at radius 1 is 0.871 bits per heavy atom. The minimum atomic E-state index is -0.0906. The van der Waals surface area contributed by atoms with Gasteiger partial charge in [0.05, 0.1) is 6.04 Å². The molecule has 0 N–H and O–H groups in total. The molecule has 4 rings (SSSR count). The highest BCUT2D eigenvalue weighted by Gasteiger charge is 2.43. The van der Waals surface area contributed by atoms with Crippen LogP contribution in [0.2, 0.25) is 10.0 Å². The van der Waals surface area contributed by atoms with Gasteiger partial charge in [-0.25, -0.2) is 0 Å². The van der Waals surface area contributed by atoms with Gasteiger partial charge in [-0.05, 0) is 67.4 Å². The van der Waals surface area contributed by atoms with Crippen molar-refractivity contribution in [2.45, 2.75) is 58.4 Å². The molecule has 4 heteroatoms. The lowest BCUT2D eigenvalue weighted by Gasteiger charge is -2.31. The number of rotatable bonds is 4. The van der Waals surface area contributed by atoms with E-state index in [1.54, 1.807) is 0 Å². The molecule has 0 spiro atoms. The van der Waals surface area contributed by atoms with E-state index in [0.717, 1.165) is 23.1 Å². The Morgan fingerprint density at radius 2 is 1.48 bits per heavy atom. The lowest BCUT2D eigenvalue weighted by Crippen LogP contribution is -2.39. The topological polar surface area (TPSA) is 6.48 Å². The fraction of sp³-hybridized carbons (Fsp3) is 0.407. The summed E-state index contributed by atoms with van der Waals surface area (Å²) in [4.78, 5) is 4.88. The molecule has 2 aliphatic rings. The minimum Gasteiger partial charge on any atom is -0.364 e. The average Bonchev–Trinajstić information content (AvgIpc) is 3.06. The zero-order valence-corrected chi connectivity index (χ0v) is 20.8. The maximum atomic E-state index is 6.34. The predicted octanol–water partition coefficient (Wildman–Crippen LogP) is 7.74. The standard InChI is InChI=1S/C27H32Cl2N2/c1-7-30-22-14-12-18(28)16-20(22)26(3,4)24(30)10-9-11-25-27(5,6)21-17-19(29)13-15-23(21)31(25)8-2/h9-17,24H,7-8H2,1-6H3. The Labute approximate surface area is 197 Å². The molecule has 0 fully saturated rings. The molecular formula is C27H32Cl2N2. The van der Waals surface area contributed by atoms with Crippen molar-refractivity contribution >= 4 is 34.6 Å². The fourth-order valence-electron chi connectivity index (χ4n) is 5.43. The molecule has 0 aromatic heterocycles. The first kappa shape index (κ1) is 22.3. The summed E-state index contributed by atoms with van der Waals surface area (Å²) in [6.07, 6.45) is 6.89. The van der Waals surface area contributed by atoms with E-state index in [2.05, 4.69) is 93.8 Å². The molecule has 2 aromatic carbocycles. The van der Waals surface area contributed by atoms with E-state index in [0.29, 0.717) is 0 Å². The quantitative estimate of drug-likeness (QED) is 0.465. The van der Waals surface area contributed by atoms with Crippen LogP contribution in [0.1, 0.15) is 52.7 Å². The summed E-state index contributed by atoms with van der Waals surface area (Å²) in [5.74, 6) is 0. The fourth-order valence-corrected chi connectivity index (χ4v) is 5.77. The van der Waals surface area contributed by atoms with E-state index in [9.17, 15) is 0 Å². The Balaban J connectivity index is 1.70. The highest BCUT2D eigenvalue weighted by atomic mass is 35.5. The molecule has 0 bridgehead atoms. The van der Waals surface area contributed by atoms with E-state index >= 15 is 0 Å². The lowest BCUT2D eigenvalue weighted by molar-refractivity contribution is 0.478. The van der Waals surface area contributed by atoms with Crippen LogP contribution in [-0.2, 0) is 10.8 Å². The summed E-state index contributed by atoms with van der Waals surface area (Å²) in [5, 5.41) is 1.60. The molecular weight excluding hydrogens is 423 g/mol. The van der Waals surface area contributed by atoms with Gasteiger partial charge >= 0.3 is 0 Å². The molecule has 0 aliphatic carbocycles. The second-order valence-electron chi connectivity index (χ2n) is 9.58. The summed E-state index contributed by atoms with van der Waals surface area (Å²) >= 11 is 12.7. The smallest absolute Gasteiger partial charge is 0.0568 e. The van der Waals surface area contributed by atoms with Gasteiger partial charge in [0.25, 0.3) is 0 Å². The number of hydrogen-bond acceptors (Lipinski definition) is 2. The summed E-state index contributed by atoms with van der Waals surface area (Å²) < 4.78 is 0. The van der Waals surface area contributed by atoms with Crippen LogP contribution in [0.4, 0.5) is 11.4 Å². The Kier molecular flexibility index (Phi) is 5.69. The highest BCUT2D eigenvalue weighted by Crippen LogP contribution is 2.49. The third-order valence-corrected chi connectivity index (χ3v) is 7.57. The van der Waals surface area contributed by atoms with Gasteiger partial charge in [-0.1, -0.05) is 63.0 Å². The van der Waals surface area contributed by atoms with Gasteiger partial charge in [0.2, 0.25) is 0 Å². The third-order valence-electron chi connectivity index (χ3n) is 7.10. The summed E-state index contributed by atoms with van der Waals surface area (Å²) in [6.45, 7) is 15.5. The van der Waals surface area contributed by atoms with Crippen molar-refractivity contribution in [1.29, 1.82) is 0 Å². The van der Waals surface area contributed by atoms with Crippen molar-refractivity contribution in [2.24, 2.45) is 0 Å². The van der Waals surface area contributed by atoms with Crippen molar-refractivity contribution in [3.63, 3.8) is 0 Å². The van der Waals surface area contributed by atoms with Gasteiger partial charge in [-0.3, -0.25) is 0 Å². The van der Waals surface area contributed by atoms with Crippen molar-refractivity contribution in [2.75, 3.05) is 22.9 Å². The number of halogens is 2. The van der Waals surface area contributed by atoms with E-state index in [4.69, 9.17) is 23.2 Å². The van der Waals surface area contributed by atoms with Crippen LogP contribution in [0.25, 0.3) is 0 Å². The first-order valence-corrected chi connectivity index (χ1v) is 11.9. The van der Waals surface area contributed by atoms with Gasteiger partial charge in [0, 0.05) is 51.0 Å². The number of hydrogen-bond donors (Lipinski definition) is 0. The molecule has 1 unspecified atom stereocenters. The maximum Gasteiger partial charge on any atom is 0.0568 e. The number of benzene rings is 2.